The molecule has 0 unspecified atom stereocenters. The van der Waals surface area contributed by atoms with Crippen LogP contribution in [0.25, 0.3) is 10.2 Å². The fourth-order valence-electron chi connectivity index (χ4n) is 3.25. The number of amides is 1. The number of aromatic nitrogens is 1. The Morgan fingerprint density at radius 3 is 2.47 bits per heavy atom. The fourth-order valence-corrected chi connectivity index (χ4v) is 5.41. The first kappa shape index (κ1) is 22.0. The molecule has 8 heteroatoms. The molecular formula is C24H23N3O3S2. The Bertz CT molecular complexity index is 1350. The Morgan fingerprint density at radius 2 is 1.75 bits per heavy atom. The van der Waals surface area contributed by atoms with Crippen molar-refractivity contribution in [3.63, 3.8) is 0 Å². The van der Waals surface area contributed by atoms with Crippen molar-refractivity contribution in [3.05, 3.63) is 88.9 Å². The number of anilines is 1. The third kappa shape index (κ3) is 4.51. The third-order valence-electron chi connectivity index (χ3n) is 5.26. The van der Waals surface area contributed by atoms with Crippen molar-refractivity contribution < 1.29 is 13.2 Å². The lowest BCUT2D eigenvalue weighted by atomic mass is 10.2. The van der Waals surface area contributed by atoms with Gasteiger partial charge in [0.05, 0.1) is 21.2 Å². The van der Waals surface area contributed by atoms with Gasteiger partial charge in [0.25, 0.3) is 15.9 Å². The van der Waals surface area contributed by atoms with Crippen LogP contribution in [0.2, 0.25) is 0 Å². The molecule has 4 aromatic rings. The predicted octanol–water partition coefficient (Wildman–Crippen LogP) is 5.24. The maximum absolute atomic E-state index is 13.1. The smallest absolute Gasteiger partial charge is 0.261 e. The van der Waals surface area contributed by atoms with Crippen molar-refractivity contribution in [2.75, 3.05) is 11.8 Å². The molecule has 0 bridgehead atoms. The Morgan fingerprint density at radius 1 is 1.03 bits per heavy atom. The molecule has 0 fully saturated rings. The molecule has 1 aromatic heterocycles. The zero-order valence-electron chi connectivity index (χ0n) is 17.9. The normalized spacial score (nSPS) is 12.5. The first-order valence-electron chi connectivity index (χ1n) is 10.1. The number of sulfonamides is 1. The maximum Gasteiger partial charge on any atom is 0.261 e. The van der Waals surface area contributed by atoms with Crippen molar-refractivity contribution in [2.24, 2.45) is 0 Å². The molecule has 32 heavy (non-hydrogen) atoms. The number of rotatable bonds is 6. The van der Waals surface area contributed by atoms with Gasteiger partial charge in [-0.1, -0.05) is 35.9 Å². The summed E-state index contributed by atoms with van der Waals surface area (Å²) in [6.45, 7) is 3.84. The third-order valence-corrected chi connectivity index (χ3v) is 7.85. The summed E-state index contributed by atoms with van der Waals surface area (Å²) in [5.74, 6) is -0.274. The summed E-state index contributed by atoms with van der Waals surface area (Å²) in [5, 5.41) is 0.826. The molecule has 0 saturated carbocycles. The summed E-state index contributed by atoms with van der Waals surface area (Å²) >= 11 is 1.55. The topological polar surface area (TPSA) is 79.4 Å². The van der Waals surface area contributed by atoms with Gasteiger partial charge < -0.3 is 4.90 Å². The molecule has 3 aromatic carbocycles. The van der Waals surface area contributed by atoms with Gasteiger partial charge in [0, 0.05) is 18.3 Å². The number of hydrogen-bond acceptors (Lipinski definition) is 5. The minimum Gasteiger partial charge on any atom is -0.333 e. The minimum atomic E-state index is -3.83. The van der Waals surface area contributed by atoms with E-state index in [1.807, 2.05) is 50.2 Å². The van der Waals surface area contributed by atoms with Crippen LogP contribution in [-0.2, 0) is 10.0 Å². The summed E-state index contributed by atoms with van der Waals surface area (Å²) in [5.41, 5.74) is 2.70. The fraction of sp³-hybridized carbons (Fsp3) is 0.167. The molecule has 1 heterocycles. The molecule has 1 atom stereocenters. The molecule has 4 rings (SSSR count). The molecule has 0 spiro atoms. The molecule has 0 aliphatic rings. The standard InChI is InChI=1S/C24H23N3O3S2/c1-16-11-13-19(14-12-16)26-32(29,30)20-8-6-7-18(15-20)24(28)27(3)17(2)23-25-21-9-4-5-10-22(21)31-23/h4-15,17,26H,1-3H3/t17-/m1/s1. The molecule has 1 amide bonds. The summed E-state index contributed by atoms with van der Waals surface area (Å²) in [6, 6.07) is 20.7. The molecule has 0 aliphatic carbocycles. The van der Waals surface area contributed by atoms with Gasteiger partial charge in [-0.2, -0.15) is 0 Å². The number of nitrogens with zero attached hydrogens (tertiary/aromatic N) is 2. The lowest BCUT2D eigenvalue weighted by Crippen LogP contribution is -2.29. The SMILES string of the molecule is Cc1ccc(NS(=O)(=O)c2cccc(C(=O)N(C)[C@H](C)c3nc4ccccc4s3)c2)cc1. The van der Waals surface area contributed by atoms with Crippen molar-refractivity contribution in [1.29, 1.82) is 0 Å². The number of nitrogens with one attached hydrogen (secondary N) is 1. The number of thiazole rings is 1. The first-order valence-corrected chi connectivity index (χ1v) is 12.4. The maximum atomic E-state index is 13.1. The van der Waals surface area contributed by atoms with E-state index in [4.69, 9.17) is 0 Å². The lowest BCUT2D eigenvalue weighted by Gasteiger charge is -2.23. The largest absolute Gasteiger partial charge is 0.333 e. The van der Waals surface area contributed by atoms with Crippen molar-refractivity contribution in [3.8, 4) is 0 Å². The van der Waals surface area contributed by atoms with Crippen LogP contribution in [-0.4, -0.2) is 31.3 Å². The van der Waals surface area contributed by atoms with E-state index in [0.717, 1.165) is 20.8 Å². The van der Waals surface area contributed by atoms with Crippen LogP contribution in [0, 0.1) is 6.92 Å². The van der Waals surface area contributed by atoms with E-state index < -0.39 is 10.0 Å². The van der Waals surface area contributed by atoms with Gasteiger partial charge in [0.1, 0.15) is 5.01 Å². The van der Waals surface area contributed by atoms with E-state index in [1.54, 1.807) is 47.5 Å². The lowest BCUT2D eigenvalue weighted by molar-refractivity contribution is 0.0742. The molecule has 0 aliphatic heterocycles. The van der Waals surface area contributed by atoms with Crippen LogP contribution in [0.3, 0.4) is 0 Å². The molecule has 6 nitrogen and oxygen atoms in total. The van der Waals surface area contributed by atoms with Gasteiger partial charge in [-0.05, 0) is 56.3 Å². The highest BCUT2D eigenvalue weighted by molar-refractivity contribution is 7.92. The molecule has 164 valence electrons. The van der Waals surface area contributed by atoms with Crippen LogP contribution >= 0.6 is 11.3 Å². The first-order chi connectivity index (χ1) is 15.2. The Balaban J connectivity index is 1.56. The van der Waals surface area contributed by atoms with Crippen LogP contribution in [0.4, 0.5) is 5.69 Å². The van der Waals surface area contributed by atoms with Gasteiger partial charge in [0.2, 0.25) is 0 Å². The summed E-state index contributed by atoms with van der Waals surface area (Å²) in [7, 11) is -2.13. The van der Waals surface area contributed by atoms with Gasteiger partial charge in [-0.3, -0.25) is 9.52 Å². The Kier molecular flexibility index (Phi) is 5.99. The number of hydrogen-bond donors (Lipinski definition) is 1. The molecule has 0 radical (unpaired) electrons. The summed E-state index contributed by atoms with van der Waals surface area (Å²) in [4.78, 5) is 19.4. The van der Waals surface area contributed by atoms with Crippen LogP contribution in [0.5, 0.6) is 0 Å². The average molecular weight is 466 g/mol. The monoisotopic (exact) mass is 465 g/mol. The van der Waals surface area contributed by atoms with E-state index in [2.05, 4.69) is 9.71 Å². The molecule has 0 saturated heterocycles. The number of aryl methyl sites for hydroxylation is 1. The number of fused-ring (bicyclic) bond motifs is 1. The van der Waals surface area contributed by atoms with Crippen molar-refractivity contribution >= 4 is 43.2 Å². The van der Waals surface area contributed by atoms with Crippen molar-refractivity contribution in [2.45, 2.75) is 24.8 Å². The van der Waals surface area contributed by atoms with Crippen LogP contribution < -0.4 is 4.72 Å². The highest BCUT2D eigenvalue weighted by Crippen LogP contribution is 2.29. The number of benzene rings is 3. The second-order valence-corrected chi connectivity index (χ2v) is 10.4. The van der Waals surface area contributed by atoms with E-state index in [-0.39, 0.29) is 16.8 Å². The van der Waals surface area contributed by atoms with Crippen LogP contribution in [0.1, 0.15) is 33.9 Å². The van der Waals surface area contributed by atoms with Crippen molar-refractivity contribution in [1.82, 2.24) is 9.88 Å². The van der Waals surface area contributed by atoms with Gasteiger partial charge in [-0.25, -0.2) is 13.4 Å². The van der Waals surface area contributed by atoms with Crippen LogP contribution in [0.15, 0.2) is 77.7 Å². The van der Waals surface area contributed by atoms with E-state index in [0.29, 0.717) is 11.3 Å². The van der Waals surface area contributed by atoms with Gasteiger partial charge in [0.15, 0.2) is 0 Å². The number of para-hydroxylation sites is 1. The van der Waals surface area contributed by atoms with E-state index in [9.17, 15) is 13.2 Å². The van der Waals surface area contributed by atoms with E-state index in [1.165, 1.54) is 12.1 Å². The van der Waals surface area contributed by atoms with Gasteiger partial charge in [-0.15, -0.1) is 11.3 Å². The number of carbonyl (C=O) groups excluding carboxylic acids is 1. The zero-order chi connectivity index (χ0) is 22.9. The van der Waals surface area contributed by atoms with Gasteiger partial charge >= 0.3 is 0 Å². The Hall–Kier alpha value is -3.23. The number of carbonyl (C=O) groups is 1. The molecule has 1 N–H and O–H groups in total. The highest BCUT2D eigenvalue weighted by Gasteiger charge is 2.23. The average Bonchev–Trinajstić information content (AvgIpc) is 3.23. The van der Waals surface area contributed by atoms with E-state index >= 15 is 0 Å². The summed E-state index contributed by atoms with van der Waals surface area (Å²) < 4.78 is 29.3. The summed E-state index contributed by atoms with van der Waals surface area (Å²) in [6.07, 6.45) is 0. The second-order valence-electron chi connectivity index (χ2n) is 7.61. The zero-order valence-corrected chi connectivity index (χ0v) is 19.6. The highest BCUT2D eigenvalue weighted by atomic mass is 32.2. The quantitative estimate of drug-likeness (QED) is 0.422. The minimum absolute atomic E-state index is 0.0324. The Labute approximate surface area is 191 Å². The second kappa shape index (κ2) is 8.72. The predicted molar refractivity (Wildman–Crippen MR) is 129 cm³/mol. The molecular weight excluding hydrogens is 442 g/mol.